The summed E-state index contributed by atoms with van der Waals surface area (Å²) in [4.78, 5) is 2.32. The molecule has 0 fully saturated rings. The summed E-state index contributed by atoms with van der Waals surface area (Å²) in [5.41, 5.74) is 4.64. The third-order valence-corrected chi connectivity index (χ3v) is 3.50. The van der Waals surface area contributed by atoms with Gasteiger partial charge in [0.2, 0.25) is 0 Å². The van der Waals surface area contributed by atoms with Crippen LogP contribution < -0.4 is 4.90 Å². The molecule has 1 aliphatic heterocycles. The summed E-state index contributed by atoms with van der Waals surface area (Å²) in [6.45, 7) is 0.884. The second-order valence-electron chi connectivity index (χ2n) is 4.70. The van der Waals surface area contributed by atoms with E-state index in [4.69, 9.17) is 0 Å². The van der Waals surface area contributed by atoms with Crippen LogP contribution in [0.25, 0.3) is 0 Å². The molecule has 0 spiro atoms. The number of hydrogen-bond donors (Lipinski definition) is 0. The molecule has 2 aromatic carbocycles. The molecule has 1 aliphatic rings. The molecule has 1 radical (unpaired) electrons. The van der Waals surface area contributed by atoms with Crippen molar-refractivity contribution in [3.63, 3.8) is 0 Å². The maximum Gasteiger partial charge on any atom is 0.107 e. The van der Waals surface area contributed by atoms with Gasteiger partial charge in [-0.1, -0.05) is 30.3 Å². The first-order chi connectivity index (χ1) is 8.88. The first-order valence-corrected chi connectivity index (χ1v) is 6.41. The Bertz CT molecular complexity index is 536. The largest absolute Gasteiger partial charge is 0.341 e. The van der Waals surface area contributed by atoms with E-state index >= 15 is 0 Å². The van der Waals surface area contributed by atoms with Crippen LogP contribution in [-0.2, 0) is 18.1 Å². The van der Waals surface area contributed by atoms with Crippen molar-refractivity contribution in [2.24, 2.45) is 0 Å². The van der Waals surface area contributed by atoms with Crippen molar-refractivity contribution in [2.75, 3.05) is 11.4 Å². The normalized spacial score (nSPS) is 14.4. The number of rotatable bonds is 2. The lowest BCUT2D eigenvalue weighted by Gasteiger charge is -2.31. The number of nitrogens with zero attached hydrogens (tertiary/aromatic N) is 1. The fraction of sp³-hybridized carbons (Fsp3) is 0.250. The monoisotopic (exact) mass is 238 g/mol. The van der Waals surface area contributed by atoms with Crippen LogP contribution in [-0.4, -0.2) is 6.54 Å². The van der Waals surface area contributed by atoms with E-state index in [2.05, 4.69) is 41.3 Å². The van der Waals surface area contributed by atoms with Gasteiger partial charge >= 0.3 is 0 Å². The van der Waals surface area contributed by atoms with Gasteiger partial charge in [0.05, 0.1) is 0 Å². The van der Waals surface area contributed by atoms with E-state index in [9.17, 15) is 5.11 Å². The third kappa shape index (κ3) is 2.00. The van der Waals surface area contributed by atoms with Crippen LogP contribution in [0.4, 0.5) is 11.4 Å². The molecule has 2 heteroatoms. The minimum atomic E-state index is -0.143. The molecule has 0 atom stereocenters. The summed E-state index contributed by atoms with van der Waals surface area (Å²) < 4.78 is 0. The van der Waals surface area contributed by atoms with Crippen LogP contribution in [0.15, 0.2) is 48.5 Å². The van der Waals surface area contributed by atoms with E-state index in [0.717, 1.165) is 18.5 Å². The SMILES string of the molecule is [O]Cc1ccc2c(c1)N(c1ccccc1)CCC2. The predicted octanol–water partition coefficient (Wildman–Crippen LogP) is 3.70. The van der Waals surface area contributed by atoms with Crippen LogP contribution in [0, 0.1) is 0 Å². The van der Waals surface area contributed by atoms with Gasteiger partial charge in [-0.15, -0.1) is 0 Å². The smallest absolute Gasteiger partial charge is 0.107 e. The maximum absolute atomic E-state index is 11.0. The fourth-order valence-corrected chi connectivity index (χ4v) is 2.59. The van der Waals surface area contributed by atoms with Crippen molar-refractivity contribution in [3.05, 3.63) is 59.7 Å². The Balaban J connectivity index is 2.05. The number of anilines is 2. The zero-order chi connectivity index (χ0) is 12.4. The summed E-state index contributed by atoms with van der Waals surface area (Å²) in [6.07, 6.45) is 2.27. The lowest BCUT2D eigenvalue weighted by molar-refractivity contribution is 0.177. The summed E-state index contributed by atoms with van der Waals surface area (Å²) in [6, 6.07) is 16.5. The second-order valence-corrected chi connectivity index (χ2v) is 4.70. The molecule has 18 heavy (non-hydrogen) atoms. The quantitative estimate of drug-likeness (QED) is 0.782. The average Bonchev–Trinajstić information content (AvgIpc) is 2.47. The zero-order valence-corrected chi connectivity index (χ0v) is 10.3. The molecule has 2 aromatic rings. The van der Waals surface area contributed by atoms with Gasteiger partial charge < -0.3 is 4.90 Å². The number of aryl methyl sites for hydroxylation is 1. The summed E-state index contributed by atoms with van der Waals surface area (Å²) in [7, 11) is 0. The standard InChI is InChI=1S/C16H16NO/c18-12-13-8-9-14-5-4-10-17(16(14)11-13)15-6-2-1-3-7-15/h1-3,6-9,11H,4-5,10,12H2. The molecule has 2 nitrogen and oxygen atoms in total. The number of fused-ring (bicyclic) bond motifs is 1. The number of benzene rings is 2. The molecule has 0 amide bonds. The van der Waals surface area contributed by atoms with Crippen molar-refractivity contribution in [1.82, 2.24) is 0 Å². The van der Waals surface area contributed by atoms with Gasteiger partial charge in [-0.05, 0) is 42.2 Å². The van der Waals surface area contributed by atoms with Crippen molar-refractivity contribution < 1.29 is 5.11 Å². The van der Waals surface area contributed by atoms with Gasteiger partial charge in [-0.25, -0.2) is 5.11 Å². The summed E-state index contributed by atoms with van der Waals surface area (Å²) in [5, 5.41) is 11.0. The molecule has 0 bridgehead atoms. The van der Waals surface area contributed by atoms with Gasteiger partial charge in [0.1, 0.15) is 6.61 Å². The van der Waals surface area contributed by atoms with Crippen LogP contribution in [0.1, 0.15) is 17.5 Å². The Morgan fingerprint density at radius 3 is 2.67 bits per heavy atom. The lowest BCUT2D eigenvalue weighted by atomic mass is 9.99. The van der Waals surface area contributed by atoms with Crippen molar-refractivity contribution in [2.45, 2.75) is 19.4 Å². The molecule has 0 saturated carbocycles. The van der Waals surface area contributed by atoms with Crippen LogP contribution >= 0.6 is 0 Å². The maximum atomic E-state index is 11.0. The highest BCUT2D eigenvalue weighted by Crippen LogP contribution is 2.33. The first kappa shape index (κ1) is 11.3. The topological polar surface area (TPSA) is 23.1 Å². The lowest BCUT2D eigenvalue weighted by Crippen LogP contribution is -2.24. The molecule has 0 saturated heterocycles. The third-order valence-electron chi connectivity index (χ3n) is 3.50. The molecule has 91 valence electrons. The van der Waals surface area contributed by atoms with E-state index in [1.807, 2.05) is 12.1 Å². The Hall–Kier alpha value is -1.80. The van der Waals surface area contributed by atoms with E-state index < -0.39 is 0 Å². The van der Waals surface area contributed by atoms with Gasteiger partial charge in [-0.3, -0.25) is 0 Å². The van der Waals surface area contributed by atoms with E-state index in [-0.39, 0.29) is 6.61 Å². The van der Waals surface area contributed by atoms with Crippen molar-refractivity contribution >= 4 is 11.4 Å². The molecule has 1 heterocycles. The summed E-state index contributed by atoms with van der Waals surface area (Å²) in [5.74, 6) is 0. The van der Waals surface area contributed by atoms with Gasteiger partial charge in [0.15, 0.2) is 0 Å². The highest BCUT2D eigenvalue weighted by molar-refractivity contribution is 5.68. The Labute approximate surface area is 107 Å². The Morgan fingerprint density at radius 1 is 1.06 bits per heavy atom. The second kappa shape index (κ2) is 4.83. The highest BCUT2D eigenvalue weighted by Gasteiger charge is 2.18. The van der Waals surface area contributed by atoms with Crippen molar-refractivity contribution in [1.29, 1.82) is 0 Å². The predicted molar refractivity (Wildman–Crippen MR) is 72.6 cm³/mol. The van der Waals surface area contributed by atoms with E-state index in [1.165, 1.54) is 23.4 Å². The number of para-hydroxylation sites is 1. The minimum absolute atomic E-state index is 0.143. The average molecular weight is 238 g/mol. The summed E-state index contributed by atoms with van der Waals surface area (Å²) >= 11 is 0. The van der Waals surface area contributed by atoms with E-state index in [0.29, 0.717) is 0 Å². The van der Waals surface area contributed by atoms with Gasteiger partial charge in [0.25, 0.3) is 0 Å². The van der Waals surface area contributed by atoms with Crippen LogP contribution in [0.2, 0.25) is 0 Å². The molecular formula is C16H16NO. The van der Waals surface area contributed by atoms with Crippen LogP contribution in [0.3, 0.4) is 0 Å². The minimum Gasteiger partial charge on any atom is -0.341 e. The van der Waals surface area contributed by atoms with Crippen molar-refractivity contribution in [3.8, 4) is 0 Å². The Morgan fingerprint density at radius 2 is 1.89 bits per heavy atom. The van der Waals surface area contributed by atoms with Crippen LogP contribution in [0.5, 0.6) is 0 Å². The van der Waals surface area contributed by atoms with Gasteiger partial charge in [-0.2, -0.15) is 0 Å². The molecule has 0 aliphatic carbocycles. The molecular weight excluding hydrogens is 222 g/mol. The fourth-order valence-electron chi connectivity index (χ4n) is 2.59. The zero-order valence-electron chi connectivity index (χ0n) is 10.3. The first-order valence-electron chi connectivity index (χ1n) is 6.41. The molecule has 0 N–H and O–H groups in total. The van der Waals surface area contributed by atoms with Gasteiger partial charge in [0, 0.05) is 17.9 Å². The number of hydrogen-bond acceptors (Lipinski definition) is 1. The molecule has 0 unspecified atom stereocenters. The highest BCUT2D eigenvalue weighted by atomic mass is 16.3. The Kier molecular flexibility index (Phi) is 3.03. The van der Waals surface area contributed by atoms with E-state index in [1.54, 1.807) is 0 Å². The molecule has 3 rings (SSSR count). The molecule has 0 aromatic heterocycles.